The highest BCUT2D eigenvalue weighted by Crippen LogP contribution is 2.66. The van der Waals surface area contributed by atoms with Gasteiger partial charge in [0.25, 0.3) is 6.71 Å². The molecular weight excluding hydrogens is 846 g/mol. The van der Waals surface area contributed by atoms with Crippen LogP contribution < -0.4 is 31.1 Å². The summed E-state index contributed by atoms with van der Waals surface area (Å²) in [6.45, 7) is 43.0. The number of anilines is 8. The average Bonchev–Trinajstić information content (AvgIpc) is 3.76. The molecule has 3 unspecified atom stereocenters. The van der Waals surface area contributed by atoms with Gasteiger partial charge in [0, 0.05) is 45.9 Å². The van der Waals surface area contributed by atoms with Crippen LogP contribution in [0.2, 0.25) is 0 Å². The molecule has 2 aliphatic heterocycles. The summed E-state index contributed by atoms with van der Waals surface area (Å²) in [5, 5.41) is 0. The normalized spacial score (nSPS) is 20.6. The lowest BCUT2D eigenvalue weighted by molar-refractivity contribution is 0.140. The molecule has 0 spiro atoms. The fourth-order valence-corrected chi connectivity index (χ4v) is 13.3. The van der Waals surface area contributed by atoms with E-state index < -0.39 is 0 Å². The van der Waals surface area contributed by atoms with Gasteiger partial charge in [-0.3, -0.25) is 0 Å². The van der Waals surface area contributed by atoms with Gasteiger partial charge in [-0.05, 0) is 168 Å². The van der Waals surface area contributed by atoms with E-state index in [2.05, 4.69) is 261 Å². The quantitative estimate of drug-likeness (QED) is 0.159. The number of nitrogens with zero attached hydrogens (tertiary/aromatic N) is 3. The van der Waals surface area contributed by atoms with Gasteiger partial charge in [-0.1, -0.05) is 185 Å². The number of benzene rings is 6. The molecule has 70 heavy (non-hydrogen) atoms. The first-order chi connectivity index (χ1) is 32.5. The Bertz CT molecular complexity index is 2910. The molecule has 2 fully saturated rings. The Labute approximate surface area is 424 Å². The molecule has 2 heterocycles. The van der Waals surface area contributed by atoms with Gasteiger partial charge in [0.1, 0.15) is 0 Å². The third-order valence-electron chi connectivity index (χ3n) is 17.5. The van der Waals surface area contributed by atoms with Crippen molar-refractivity contribution in [2.75, 3.05) is 14.7 Å². The number of hydrogen-bond donors (Lipinski definition) is 0. The van der Waals surface area contributed by atoms with Gasteiger partial charge in [0.05, 0.1) is 5.69 Å². The van der Waals surface area contributed by atoms with Gasteiger partial charge < -0.3 is 14.7 Å². The Morgan fingerprint density at radius 1 is 0.457 bits per heavy atom. The highest BCUT2D eigenvalue weighted by molar-refractivity contribution is 7.00. The first kappa shape index (κ1) is 48.4. The third kappa shape index (κ3) is 7.94. The monoisotopic (exact) mass is 928 g/mol. The van der Waals surface area contributed by atoms with Crippen molar-refractivity contribution >= 4 is 68.6 Å². The predicted molar refractivity (Wildman–Crippen MR) is 306 cm³/mol. The molecule has 0 radical (unpaired) electrons. The zero-order valence-electron chi connectivity index (χ0n) is 46.2. The Hall–Kier alpha value is -5.22. The van der Waals surface area contributed by atoms with Crippen LogP contribution in [-0.2, 0) is 27.1 Å². The van der Waals surface area contributed by atoms with E-state index in [0.717, 1.165) is 11.4 Å². The summed E-state index contributed by atoms with van der Waals surface area (Å²) >= 11 is 0. The molecule has 2 aliphatic carbocycles. The summed E-state index contributed by atoms with van der Waals surface area (Å²) in [6, 6.07) is 48.9. The fourth-order valence-electron chi connectivity index (χ4n) is 13.3. The van der Waals surface area contributed by atoms with Crippen molar-refractivity contribution in [2.24, 2.45) is 16.7 Å². The molecule has 0 aromatic heterocycles. The minimum Gasteiger partial charge on any atom is -0.338 e. The van der Waals surface area contributed by atoms with E-state index >= 15 is 0 Å². The van der Waals surface area contributed by atoms with Crippen molar-refractivity contribution in [1.82, 2.24) is 0 Å². The van der Waals surface area contributed by atoms with E-state index in [9.17, 15) is 0 Å². The zero-order valence-corrected chi connectivity index (χ0v) is 46.2. The Morgan fingerprint density at radius 3 is 1.31 bits per heavy atom. The van der Waals surface area contributed by atoms with Gasteiger partial charge in [0.2, 0.25) is 0 Å². The Balaban J connectivity index is 1.34. The van der Waals surface area contributed by atoms with Crippen molar-refractivity contribution < 1.29 is 0 Å². The van der Waals surface area contributed by atoms with E-state index in [1.165, 1.54) is 97.6 Å². The first-order valence-corrected chi connectivity index (χ1v) is 26.6. The lowest BCUT2D eigenvalue weighted by Gasteiger charge is -2.54. The molecule has 4 heteroatoms. The molecular formula is C66H82BN3. The average molecular weight is 928 g/mol. The summed E-state index contributed by atoms with van der Waals surface area (Å²) in [5.41, 5.74) is 21.4. The molecule has 0 saturated heterocycles. The number of rotatable bonds is 5. The van der Waals surface area contributed by atoms with Gasteiger partial charge >= 0.3 is 0 Å². The molecule has 4 aliphatic rings. The molecule has 2 saturated carbocycles. The van der Waals surface area contributed by atoms with Crippen LogP contribution in [-0.4, -0.2) is 12.8 Å². The SMILES string of the molecule is CC(C)(C)c1ccc(N(c2ccc(C(C)(C)C)cc2)c2cc3c4c(c2)N(C2C5(C)CCC(C5)C2(C)C)c2ccc(C(C)(C)C)cc2B4c2cc(C(C)(C)C)ccc2N3c2ccc(C(C)(C)C)cc2)cc1. The standard InChI is InChI=1S/C66H82BN3/c1-60(2,3)42-19-27-48(28-20-42)68(49-29-21-43(22-30-49)61(4,5)6)51-39-56-58-57(40-51)70(59-65(16,17)47-35-36-66(59,18)41-47)55-34-26-46(64(13,14)15)38-53(55)67(58)52-37-45(63(10,11)12)25-33-54(52)69(56)50-31-23-44(24-32-50)62(7,8)9/h19-34,37-40,47,59H,35-36,41H2,1-18H3. The van der Waals surface area contributed by atoms with Crippen molar-refractivity contribution in [3.8, 4) is 0 Å². The topological polar surface area (TPSA) is 9.72 Å². The van der Waals surface area contributed by atoms with Crippen LogP contribution in [0.4, 0.5) is 45.5 Å². The van der Waals surface area contributed by atoms with E-state index in [1.54, 1.807) is 0 Å². The van der Waals surface area contributed by atoms with Gasteiger partial charge in [0.15, 0.2) is 0 Å². The zero-order chi connectivity index (χ0) is 50.5. The molecule has 10 rings (SSSR count). The van der Waals surface area contributed by atoms with Crippen LogP contribution in [0.15, 0.2) is 121 Å². The van der Waals surface area contributed by atoms with Crippen molar-refractivity contribution in [1.29, 1.82) is 0 Å². The van der Waals surface area contributed by atoms with E-state index in [4.69, 9.17) is 0 Å². The summed E-state index contributed by atoms with van der Waals surface area (Å²) in [4.78, 5) is 8.11. The maximum Gasteiger partial charge on any atom is 0.252 e. The van der Waals surface area contributed by atoms with Gasteiger partial charge in [-0.15, -0.1) is 0 Å². The van der Waals surface area contributed by atoms with Crippen molar-refractivity contribution in [3.63, 3.8) is 0 Å². The van der Waals surface area contributed by atoms with Gasteiger partial charge in [-0.25, -0.2) is 0 Å². The number of fused-ring (bicyclic) bond motifs is 6. The van der Waals surface area contributed by atoms with Crippen LogP contribution in [0, 0.1) is 16.7 Å². The molecule has 6 aromatic rings. The Kier molecular flexibility index (Phi) is 11.0. The third-order valence-corrected chi connectivity index (χ3v) is 17.5. The predicted octanol–water partition coefficient (Wildman–Crippen LogP) is 16.6. The van der Waals surface area contributed by atoms with Crippen LogP contribution in [0.5, 0.6) is 0 Å². The van der Waals surface area contributed by atoms with Crippen LogP contribution in [0.25, 0.3) is 0 Å². The highest BCUT2D eigenvalue weighted by atomic mass is 15.2. The van der Waals surface area contributed by atoms with Crippen LogP contribution in [0.1, 0.15) is 172 Å². The second-order valence-electron chi connectivity index (χ2n) is 28.1. The minimum absolute atomic E-state index is 0.0122. The molecule has 3 atom stereocenters. The Morgan fingerprint density at radius 2 is 0.871 bits per heavy atom. The molecule has 364 valence electrons. The second kappa shape index (κ2) is 15.9. The van der Waals surface area contributed by atoms with E-state index in [0.29, 0.717) is 12.0 Å². The maximum absolute atomic E-state index is 2.92. The lowest BCUT2D eigenvalue weighted by atomic mass is 9.33. The molecule has 0 N–H and O–H groups in total. The number of hydrogen-bond acceptors (Lipinski definition) is 3. The molecule has 3 nitrogen and oxygen atoms in total. The molecule has 0 amide bonds. The smallest absolute Gasteiger partial charge is 0.252 e. The van der Waals surface area contributed by atoms with Crippen molar-refractivity contribution in [2.45, 2.75) is 177 Å². The summed E-state index contributed by atoms with van der Waals surface area (Å²) in [5.74, 6) is 0.684. The minimum atomic E-state index is -0.0226. The summed E-state index contributed by atoms with van der Waals surface area (Å²) in [7, 11) is 0. The molecule has 6 aromatic carbocycles. The maximum atomic E-state index is 2.92. The second-order valence-corrected chi connectivity index (χ2v) is 28.1. The lowest BCUT2D eigenvalue weighted by Crippen LogP contribution is -2.65. The van der Waals surface area contributed by atoms with E-state index in [1.807, 2.05) is 0 Å². The van der Waals surface area contributed by atoms with Gasteiger partial charge in [-0.2, -0.15) is 0 Å². The molecule has 2 bridgehead atoms. The van der Waals surface area contributed by atoms with Crippen LogP contribution in [0.3, 0.4) is 0 Å². The van der Waals surface area contributed by atoms with Crippen molar-refractivity contribution in [3.05, 3.63) is 149 Å². The van der Waals surface area contributed by atoms with E-state index in [-0.39, 0.29) is 44.6 Å². The summed E-state index contributed by atoms with van der Waals surface area (Å²) < 4.78 is 0. The largest absolute Gasteiger partial charge is 0.338 e. The fraction of sp³-hybridized carbons (Fsp3) is 0.455. The summed E-state index contributed by atoms with van der Waals surface area (Å²) in [6.07, 6.45) is 3.85. The van der Waals surface area contributed by atoms with Crippen LogP contribution >= 0.6 is 0 Å². The first-order valence-electron chi connectivity index (χ1n) is 26.6. The highest BCUT2D eigenvalue weighted by Gasteiger charge is 2.63.